The van der Waals surface area contributed by atoms with Gasteiger partial charge in [-0.1, -0.05) is 13.8 Å². The predicted molar refractivity (Wildman–Crippen MR) is 118 cm³/mol. The van der Waals surface area contributed by atoms with E-state index in [4.69, 9.17) is 5.11 Å². The second-order valence-electron chi connectivity index (χ2n) is 9.44. The van der Waals surface area contributed by atoms with Gasteiger partial charge in [0, 0.05) is 68.0 Å². The maximum Gasteiger partial charge on any atom is 0.317 e. The average molecular weight is 437 g/mol. The highest BCUT2D eigenvalue weighted by molar-refractivity contribution is 7.91. The molecule has 2 amide bonds. The second kappa shape index (κ2) is 7.60. The number of rotatable bonds is 4. The van der Waals surface area contributed by atoms with E-state index in [0.29, 0.717) is 26.2 Å². The molecule has 1 aromatic rings. The first-order chi connectivity index (χ1) is 14.1. The molecular weight excluding hydrogens is 404 g/mol. The normalized spacial score (nSPS) is 30.4. The number of likely N-dealkylation sites (tertiary alicyclic amines) is 1. The fourth-order valence-corrected chi connectivity index (χ4v) is 6.31. The maximum atomic E-state index is 12.3. The number of nitrogens with one attached hydrogen (secondary N) is 1. The van der Waals surface area contributed by atoms with Crippen molar-refractivity contribution in [2.45, 2.75) is 13.8 Å². The van der Waals surface area contributed by atoms with Crippen LogP contribution in [-0.2, 0) is 9.84 Å². The molecule has 0 spiro atoms. The first-order valence-electron chi connectivity index (χ1n) is 10.6. The van der Waals surface area contributed by atoms with Crippen molar-refractivity contribution in [2.75, 3.05) is 73.7 Å². The molecule has 3 saturated heterocycles. The zero-order chi connectivity index (χ0) is 21.6. The van der Waals surface area contributed by atoms with E-state index in [2.05, 4.69) is 53.2 Å². The summed E-state index contributed by atoms with van der Waals surface area (Å²) in [5.74, 6) is 0.444. The number of carbonyl (C=O) groups excluding carboxylic acids is 1. The summed E-state index contributed by atoms with van der Waals surface area (Å²) >= 11 is 0. The Hall–Kier alpha value is -2.00. The highest BCUT2D eigenvalue weighted by Crippen LogP contribution is 2.52. The van der Waals surface area contributed by atoms with E-state index >= 15 is 0 Å². The SMILES string of the molecule is C[C@@]12CN(C(=O)NCCO)C[C@]1(C)CN(c1ccc(N3CCS(=O)(=O)CC3)cc1)C2. The monoisotopic (exact) mass is 436 g/mol. The standard InChI is InChI=1S/C21H32N4O4S/c1-20-13-24(14-21(20,2)16-25(15-20)19(27)22-7-10-26)18-5-3-17(4-6-18)23-8-11-30(28,29)12-9-23/h3-6,26H,7-16H2,1-2H3,(H,22,27)/t20-,21+. The molecule has 8 nitrogen and oxygen atoms in total. The third kappa shape index (κ3) is 3.85. The molecule has 3 heterocycles. The van der Waals surface area contributed by atoms with Crippen LogP contribution in [0.4, 0.5) is 16.2 Å². The number of carbonyl (C=O) groups is 1. The molecular formula is C21H32N4O4S. The summed E-state index contributed by atoms with van der Waals surface area (Å²) in [7, 11) is -2.88. The molecule has 9 heteroatoms. The number of sulfone groups is 1. The molecule has 0 bridgehead atoms. The van der Waals surface area contributed by atoms with Crippen molar-refractivity contribution in [1.82, 2.24) is 10.2 Å². The van der Waals surface area contributed by atoms with Crippen LogP contribution in [-0.4, -0.2) is 88.4 Å². The van der Waals surface area contributed by atoms with Crippen molar-refractivity contribution in [1.29, 1.82) is 0 Å². The number of urea groups is 1. The van der Waals surface area contributed by atoms with Gasteiger partial charge in [-0.05, 0) is 24.3 Å². The summed E-state index contributed by atoms with van der Waals surface area (Å²) in [6.07, 6.45) is 0. The van der Waals surface area contributed by atoms with Crippen LogP contribution in [0.25, 0.3) is 0 Å². The molecule has 0 aliphatic carbocycles. The summed E-state index contributed by atoms with van der Waals surface area (Å²) in [6.45, 7) is 9.03. The van der Waals surface area contributed by atoms with Gasteiger partial charge in [-0.15, -0.1) is 0 Å². The number of amides is 2. The zero-order valence-corrected chi connectivity index (χ0v) is 18.6. The minimum absolute atomic E-state index is 0.00343. The third-order valence-corrected chi connectivity index (χ3v) is 8.83. The van der Waals surface area contributed by atoms with E-state index in [1.807, 2.05) is 4.90 Å². The molecule has 0 saturated carbocycles. The number of nitrogens with zero attached hydrogens (tertiary/aromatic N) is 3. The fourth-order valence-electron chi connectivity index (χ4n) is 5.11. The largest absolute Gasteiger partial charge is 0.395 e. The van der Waals surface area contributed by atoms with Crippen LogP contribution in [0.5, 0.6) is 0 Å². The lowest BCUT2D eigenvalue weighted by atomic mass is 9.71. The van der Waals surface area contributed by atoms with Crippen LogP contribution >= 0.6 is 0 Å². The highest BCUT2D eigenvalue weighted by Gasteiger charge is 2.58. The second-order valence-corrected chi connectivity index (χ2v) is 11.7. The van der Waals surface area contributed by atoms with Gasteiger partial charge in [0.15, 0.2) is 9.84 Å². The minimum atomic E-state index is -2.88. The summed E-state index contributed by atoms with van der Waals surface area (Å²) in [5.41, 5.74) is 2.24. The quantitative estimate of drug-likeness (QED) is 0.724. The molecule has 166 valence electrons. The molecule has 2 atom stereocenters. The van der Waals surface area contributed by atoms with Crippen LogP contribution in [0.15, 0.2) is 24.3 Å². The number of hydrogen-bond donors (Lipinski definition) is 2. The number of benzene rings is 1. The number of hydrogen-bond acceptors (Lipinski definition) is 6. The van der Waals surface area contributed by atoms with Gasteiger partial charge in [0.1, 0.15) is 0 Å². The number of aliphatic hydroxyl groups excluding tert-OH is 1. The van der Waals surface area contributed by atoms with E-state index < -0.39 is 9.84 Å². The predicted octanol–water partition coefficient (Wildman–Crippen LogP) is 0.772. The van der Waals surface area contributed by atoms with Gasteiger partial charge in [-0.2, -0.15) is 0 Å². The van der Waals surface area contributed by atoms with Crippen LogP contribution in [0, 0.1) is 10.8 Å². The summed E-state index contributed by atoms with van der Waals surface area (Å²) in [4.78, 5) is 18.8. The number of fused-ring (bicyclic) bond motifs is 1. The van der Waals surface area contributed by atoms with E-state index in [1.54, 1.807) is 0 Å². The first-order valence-corrected chi connectivity index (χ1v) is 12.4. The number of aliphatic hydroxyl groups is 1. The fraction of sp³-hybridized carbons (Fsp3) is 0.667. The lowest BCUT2D eigenvalue weighted by molar-refractivity contribution is 0.197. The van der Waals surface area contributed by atoms with Gasteiger partial charge in [-0.25, -0.2) is 13.2 Å². The van der Waals surface area contributed by atoms with Crippen molar-refractivity contribution in [3.8, 4) is 0 Å². The van der Waals surface area contributed by atoms with Crippen molar-refractivity contribution >= 4 is 27.2 Å². The Labute approximate surface area is 178 Å². The average Bonchev–Trinajstić information content (AvgIpc) is 3.10. The minimum Gasteiger partial charge on any atom is -0.395 e. The van der Waals surface area contributed by atoms with Gasteiger partial charge in [-0.3, -0.25) is 0 Å². The van der Waals surface area contributed by atoms with Gasteiger partial charge < -0.3 is 25.1 Å². The van der Waals surface area contributed by atoms with E-state index in [-0.39, 0.29) is 41.5 Å². The van der Waals surface area contributed by atoms with Crippen LogP contribution in [0.1, 0.15) is 13.8 Å². The van der Waals surface area contributed by atoms with Crippen LogP contribution in [0.3, 0.4) is 0 Å². The molecule has 2 N–H and O–H groups in total. The molecule has 3 fully saturated rings. The molecule has 4 rings (SSSR count). The van der Waals surface area contributed by atoms with E-state index in [9.17, 15) is 13.2 Å². The molecule has 3 aliphatic heterocycles. The lowest BCUT2D eigenvalue weighted by Crippen LogP contribution is -2.42. The molecule has 1 aromatic carbocycles. The molecule has 3 aliphatic rings. The Morgan fingerprint density at radius 1 is 0.967 bits per heavy atom. The summed E-state index contributed by atoms with van der Waals surface area (Å²) in [5, 5.41) is 11.7. The van der Waals surface area contributed by atoms with Crippen molar-refractivity contribution in [3.63, 3.8) is 0 Å². The number of anilines is 2. The Balaban J connectivity index is 1.41. The Bertz CT molecular complexity index is 872. The van der Waals surface area contributed by atoms with Gasteiger partial charge in [0.05, 0.1) is 18.1 Å². The van der Waals surface area contributed by atoms with Gasteiger partial charge in [0.2, 0.25) is 0 Å². The van der Waals surface area contributed by atoms with Crippen LogP contribution < -0.4 is 15.1 Å². The van der Waals surface area contributed by atoms with Crippen molar-refractivity contribution in [2.24, 2.45) is 10.8 Å². The smallest absolute Gasteiger partial charge is 0.317 e. The lowest BCUT2D eigenvalue weighted by Gasteiger charge is -2.30. The summed E-state index contributed by atoms with van der Waals surface area (Å²) < 4.78 is 23.3. The van der Waals surface area contributed by atoms with Gasteiger partial charge in [0.25, 0.3) is 0 Å². The Kier molecular flexibility index (Phi) is 5.38. The Morgan fingerprint density at radius 3 is 1.97 bits per heavy atom. The zero-order valence-electron chi connectivity index (χ0n) is 17.8. The molecule has 0 unspecified atom stereocenters. The highest BCUT2D eigenvalue weighted by atomic mass is 32.2. The molecule has 0 aromatic heterocycles. The van der Waals surface area contributed by atoms with E-state index in [1.165, 1.54) is 0 Å². The van der Waals surface area contributed by atoms with Crippen LogP contribution in [0.2, 0.25) is 0 Å². The maximum absolute atomic E-state index is 12.3. The van der Waals surface area contributed by atoms with Crippen molar-refractivity contribution < 1.29 is 18.3 Å². The van der Waals surface area contributed by atoms with E-state index in [0.717, 1.165) is 24.5 Å². The first kappa shape index (κ1) is 21.2. The Morgan fingerprint density at radius 2 is 1.47 bits per heavy atom. The molecule has 0 radical (unpaired) electrons. The van der Waals surface area contributed by atoms with Gasteiger partial charge >= 0.3 is 6.03 Å². The topological polar surface area (TPSA) is 93.2 Å². The molecule has 30 heavy (non-hydrogen) atoms. The summed E-state index contributed by atoms with van der Waals surface area (Å²) in [6, 6.07) is 8.32. The van der Waals surface area contributed by atoms with Crippen molar-refractivity contribution in [3.05, 3.63) is 24.3 Å². The third-order valence-electron chi connectivity index (χ3n) is 7.22.